The van der Waals surface area contributed by atoms with Gasteiger partial charge in [0.05, 0.1) is 18.9 Å². The number of pyridine rings is 1. The van der Waals surface area contributed by atoms with Crippen molar-refractivity contribution in [2.75, 3.05) is 27.3 Å². The van der Waals surface area contributed by atoms with Gasteiger partial charge in [0.25, 0.3) is 0 Å². The van der Waals surface area contributed by atoms with E-state index in [1.54, 1.807) is 6.20 Å². The van der Waals surface area contributed by atoms with Crippen molar-refractivity contribution in [3.63, 3.8) is 0 Å². The van der Waals surface area contributed by atoms with Crippen LogP contribution in [0.3, 0.4) is 0 Å². The summed E-state index contributed by atoms with van der Waals surface area (Å²) in [6.45, 7) is 2.10. The van der Waals surface area contributed by atoms with Crippen LogP contribution in [0.25, 0.3) is 0 Å². The molecule has 1 aliphatic carbocycles. The van der Waals surface area contributed by atoms with Gasteiger partial charge in [-0.15, -0.1) is 0 Å². The van der Waals surface area contributed by atoms with Crippen LogP contribution in [0, 0.1) is 0 Å². The lowest BCUT2D eigenvalue weighted by Crippen LogP contribution is -2.43. The summed E-state index contributed by atoms with van der Waals surface area (Å²) >= 11 is 0. The smallest absolute Gasteiger partial charge is 0.168 e. The lowest BCUT2D eigenvalue weighted by molar-refractivity contribution is -0.205. The number of hydrogen-bond donors (Lipinski definition) is 1. The number of hydrogen-bond acceptors (Lipinski definition) is 5. The van der Waals surface area contributed by atoms with Crippen LogP contribution in [-0.4, -0.2) is 48.1 Å². The third-order valence-corrected chi connectivity index (χ3v) is 4.47. The second-order valence-electron chi connectivity index (χ2n) is 6.39. The van der Waals surface area contributed by atoms with Crippen molar-refractivity contribution in [1.29, 1.82) is 0 Å². The van der Waals surface area contributed by atoms with Gasteiger partial charge in [0.2, 0.25) is 0 Å². The molecule has 116 valence electrons. The summed E-state index contributed by atoms with van der Waals surface area (Å²) in [6, 6.07) is 3.98. The van der Waals surface area contributed by atoms with Gasteiger partial charge in [-0.25, -0.2) is 0 Å². The Morgan fingerprint density at radius 1 is 1.19 bits per heavy atom. The topological polar surface area (TPSA) is 54.8 Å². The van der Waals surface area contributed by atoms with Gasteiger partial charge in [0.1, 0.15) is 5.60 Å². The van der Waals surface area contributed by atoms with Crippen LogP contribution in [-0.2, 0) is 21.6 Å². The highest BCUT2D eigenvalue weighted by Crippen LogP contribution is 2.45. The summed E-state index contributed by atoms with van der Waals surface area (Å²) in [5, 5.41) is 11.1. The first kappa shape index (κ1) is 14.9. The van der Waals surface area contributed by atoms with Crippen molar-refractivity contribution in [3.8, 4) is 0 Å². The molecule has 5 nitrogen and oxygen atoms in total. The summed E-state index contributed by atoms with van der Waals surface area (Å²) in [5.74, 6) is -0.456. The van der Waals surface area contributed by atoms with E-state index in [1.165, 1.54) is 0 Å². The first-order valence-corrected chi connectivity index (χ1v) is 7.62. The van der Waals surface area contributed by atoms with Gasteiger partial charge >= 0.3 is 0 Å². The van der Waals surface area contributed by atoms with E-state index >= 15 is 0 Å². The number of aromatic nitrogens is 1. The van der Waals surface area contributed by atoms with Gasteiger partial charge in [-0.05, 0) is 38.6 Å². The van der Waals surface area contributed by atoms with Crippen LogP contribution >= 0.6 is 0 Å². The van der Waals surface area contributed by atoms with Crippen molar-refractivity contribution < 1.29 is 14.6 Å². The molecule has 1 spiro atoms. The molecule has 1 saturated carbocycles. The number of aliphatic hydroxyl groups is 1. The molecule has 2 aliphatic rings. The third kappa shape index (κ3) is 2.97. The largest absolute Gasteiger partial charge is 0.384 e. The second kappa shape index (κ2) is 5.65. The molecule has 0 amide bonds. The van der Waals surface area contributed by atoms with E-state index in [0.717, 1.165) is 30.6 Å². The average molecular weight is 292 g/mol. The Morgan fingerprint density at radius 2 is 1.86 bits per heavy atom. The summed E-state index contributed by atoms with van der Waals surface area (Å²) in [6.07, 6.45) is 4.47. The fraction of sp³-hybridized carbons (Fsp3) is 0.688. The number of nitrogens with zero attached hydrogens (tertiary/aromatic N) is 2. The van der Waals surface area contributed by atoms with E-state index in [0.29, 0.717) is 26.1 Å². The molecule has 0 atom stereocenters. The molecular weight excluding hydrogens is 268 g/mol. The Balaban J connectivity index is 1.80. The maximum absolute atomic E-state index is 11.1. The van der Waals surface area contributed by atoms with Crippen molar-refractivity contribution >= 4 is 0 Å². The standard InChI is InChI=1S/C16H24N2O3/c1-18(2)12-13-4-3-9-17-14(13)15(19)5-7-16(8-6-15)20-10-11-21-16/h3-4,9,19H,5-8,10-12H2,1-2H3. The summed E-state index contributed by atoms with van der Waals surface area (Å²) in [5.41, 5.74) is 1.04. The van der Waals surface area contributed by atoms with E-state index in [4.69, 9.17) is 9.47 Å². The van der Waals surface area contributed by atoms with Crippen LogP contribution in [0.15, 0.2) is 18.3 Å². The molecule has 0 bridgehead atoms. The first-order valence-electron chi connectivity index (χ1n) is 7.62. The van der Waals surface area contributed by atoms with Crippen molar-refractivity contribution in [3.05, 3.63) is 29.6 Å². The van der Waals surface area contributed by atoms with Crippen LogP contribution in [0.5, 0.6) is 0 Å². The molecule has 1 saturated heterocycles. The van der Waals surface area contributed by atoms with E-state index in [-0.39, 0.29) is 0 Å². The van der Waals surface area contributed by atoms with Crippen molar-refractivity contribution in [2.24, 2.45) is 0 Å². The Bertz CT molecular complexity index is 488. The highest BCUT2D eigenvalue weighted by Gasteiger charge is 2.47. The molecule has 2 heterocycles. The zero-order chi connectivity index (χ0) is 14.9. The predicted molar refractivity (Wildman–Crippen MR) is 78.6 cm³/mol. The highest BCUT2D eigenvalue weighted by molar-refractivity contribution is 5.26. The summed E-state index contributed by atoms with van der Waals surface area (Å²) in [7, 11) is 4.05. The molecule has 5 heteroatoms. The number of ether oxygens (including phenoxy) is 2. The Labute approximate surface area is 125 Å². The van der Waals surface area contributed by atoms with Gasteiger partial charge in [0, 0.05) is 25.6 Å². The Kier molecular flexibility index (Phi) is 4.01. The minimum absolute atomic E-state index is 0.456. The quantitative estimate of drug-likeness (QED) is 0.918. The van der Waals surface area contributed by atoms with Gasteiger partial charge in [0.15, 0.2) is 5.79 Å². The third-order valence-electron chi connectivity index (χ3n) is 4.47. The van der Waals surface area contributed by atoms with E-state index < -0.39 is 11.4 Å². The molecular formula is C16H24N2O3. The molecule has 0 aromatic carbocycles. The van der Waals surface area contributed by atoms with Gasteiger partial charge in [-0.1, -0.05) is 6.07 Å². The molecule has 1 aromatic heterocycles. The zero-order valence-corrected chi connectivity index (χ0v) is 12.8. The SMILES string of the molecule is CN(C)Cc1cccnc1C1(O)CCC2(CC1)OCCO2. The van der Waals surface area contributed by atoms with Gasteiger partial charge < -0.3 is 19.5 Å². The molecule has 1 aliphatic heterocycles. The molecule has 0 unspecified atom stereocenters. The Morgan fingerprint density at radius 3 is 2.48 bits per heavy atom. The fourth-order valence-electron chi connectivity index (χ4n) is 3.39. The van der Waals surface area contributed by atoms with Crippen molar-refractivity contribution in [2.45, 2.75) is 43.6 Å². The fourth-order valence-corrected chi connectivity index (χ4v) is 3.39. The van der Waals surface area contributed by atoms with E-state index in [2.05, 4.69) is 9.88 Å². The molecule has 21 heavy (non-hydrogen) atoms. The summed E-state index contributed by atoms with van der Waals surface area (Å²) in [4.78, 5) is 6.58. The first-order chi connectivity index (χ1) is 10.0. The molecule has 2 fully saturated rings. The minimum atomic E-state index is -0.868. The maximum atomic E-state index is 11.1. The highest BCUT2D eigenvalue weighted by atomic mass is 16.7. The van der Waals surface area contributed by atoms with E-state index in [9.17, 15) is 5.11 Å². The normalized spacial score (nSPS) is 23.8. The molecule has 1 aromatic rings. The maximum Gasteiger partial charge on any atom is 0.168 e. The zero-order valence-electron chi connectivity index (χ0n) is 12.8. The average Bonchev–Trinajstić information content (AvgIpc) is 2.91. The molecule has 3 rings (SSSR count). The summed E-state index contributed by atoms with van der Waals surface area (Å²) < 4.78 is 11.5. The number of rotatable bonds is 3. The van der Waals surface area contributed by atoms with Gasteiger partial charge in [-0.2, -0.15) is 0 Å². The molecule has 1 N–H and O–H groups in total. The van der Waals surface area contributed by atoms with Crippen LogP contribution in [0.4, 0.5) is 0 Å². The van der Waals surface area contributed by atoms with Crippen LogP contribution in [0.2, 0.25) is 0 Å². The van der Waals surface area contributed by atoms with E-state index in [1.807, 2.05) is 26.2 Å². The van der Waals surface area contributed by atoms with Crippen molar-refractivity contribution in [1.82, 2.24) is 9.88 Å². The monoisotopic (exact) mass is 292 g/mol. The second-order valence-corrected chi connectivity index (χ2v) is 6.39. The Hall–Kier alpha value is -1.01. The van der Waals surface area contributed by atoms with Crippen LogP contribution in [0.1, 0.15) is 36.9 Å². The lowest BCUT2D eigenvalue weighted by atomic mass is 9.78. The predicted octanol–water partition coefficient (Wildman–Crippen LogP) is 1.65. The van der Waals surface area contributed by atoms with Gasteiger partial charge in [-0.3, -0.25) is 4.98 Å². The molecule has 0 radical (unpaired) electrons. The lowest BCUT2D eigenvalue weighted by Gasteiger charge is -2.40. The minimum Gasteiger partial charge on any atom is -0.384 e. The van der Waals surface area contributed by atoms with Crippen LogP contribution < -0.4 is 0 Å².